The predicted molar refractivity (Wildman–Crippen MR) is 74.3 cm³/mol. The Labute approximate surface area is 112 Å². The Morgan fingerprint density at radius 2 is 1.89 bits per heavy atom. The van der Waals surface area contributed by atoms with E-state index in [1.807, 2.05) is 0 Å². The fraction of sp³-hybridized carbons (Fsp3) is 0.462. The van der Waals surface area contributed by atoms with Gasteiger partial charge in [-0.2, -0.15) is 0 Å². The molecule has 0 aliphatic heterocycles. The van der Waals surface area contributed by atoms with Gasteiger partial charge in [-0.25, -0.2) is 8.42 Å². The van der Waals surface area contributed by atoms with Gasteiger partial charge in [-0.3, -0.25) is 4.79 Å². The first kappa shape index (κ1) is 13.9. The zero-order valence-electron chi connectivity index (χ0n) is 10.6. The Balaban J connectivity index is 2.21. The van der Waals surface area contributed by atoms with Crippen molar-refractivity contribution in [2.75, 3.05) is 5.73 Å². The van der Waals surface area contributed by atoms with Gasteiger partial charge < -0.3 is 11.5 Å². The molecule has 1 fully saturated rings. The highest BCUT2D eigenvalue weighted by Gasteiger charge is 2.29. The minimum absolute atomic E-state index is 0.0669. The van der Waals surface area contributed by atoms with Crippen LogP contribution in [-0.4, -0.2) is 19.6 Å². The normalized spacial score (nSPS) is 16.6. The van der Waals surface area contributed by atoms with Crippen molar-refractivity contribution in [3.05, 3.63) is 29.3 Å². The number of carbonyl (C=O) groups is 1. The maximum atomic E-state index is 12.2. The molecule has 1 aromatic rings. The Kier molecular flexibility index (Phi) is 3.80. The standard InChI is InChI=1S/C13H18N2O3S/c14-12-7-9(13(15)16)5-6-10(12)8-19(17,18)11-3-1-2-4-11/h5-7,11H,1-4,8,14H2,(H2,15,16). The van der Waals surface area contributed by atoms with Crippen molar-refractivity contribution in [2.24, 2.45) is 5.73 Å². The van der Waals surface area contributed by atoms with Gasteiger partial charge in [-0.1, -0.05) is 18.9 Å². The SMILES string of the molecule is NC(=O)c1ccc(CS(=O)(=O)C2CCCC2)c(N)c1. The summed E-state index contributed by atoms with van der Waals surface area (Å²) in [6.07, 6.45) is 3.42. The van der Waals surface area contributed by atoms with E-state index in [9.17, 15) is 13.2 Å². The third-order valence-corrected chi connectivity index (χ3v) is 5.80. The van der Waals surface area contributed by atoms with E-state index >= 15 is 0 Å². The number of primary amides is 1. The molecule has 1 aliphatic carbocycles. The zero-order valence-corrected chi connectivity index (χ0v) is 11.4. The molecule has 0 bridgehead atoms. The van der Waals surface area contributed by atoms with E-state index in [0.717, 1.165) is 25.7 Å². The molecule has 0 heterocycles. The van der Waals surface area contributed by atoms with Gasteiger partial charge in [0.15, 0.2) is 9.84 Å². The van der Waals surface area contributed by atoms with Crippen LogP contribution < -0.4 is 11.5 Å². The van der Waals surface area contributed by atoms with Crippen molar-refractivity contribution in [3.63, 3.8) is 0 Å². The third kappa shape index (κ3) is 3.07. The molecule has 1 aliphatic rings. The maximum Gasteiger partial charge on any atom is 0.248 e. The van der Waals surface area contributed by atoms with Crippen LogP contribution in [0.4, 0.5) is 5.69 Å². The van der Waals surface area contributed by atoms with Crippen LogP contribution in [0.1, 0.15) is 41.6 Å². The smallest absolute Gasteiger partial charge is 0.248 e. The zero-order chi connectivity index (χ0) is 14.0. The summed E-state index contributed by atoms with van der Waals surface area (Å²) in [6.45, 7) is 0. The van der Waals surface area contributed by atoms with Crippen molar-refractivity contribution >= 4 is 21.4 Å². The number of carbonyl (C=O) groups excluding carboxylic acids is 1. The Bertz CT molecular complexity index is 590. The van der Waals surface area contributed by atoms with Gasteiger partial charge in [0, 0.05) is 11.3 Å². The number of rotatable bonds is 4. The summed E-state index contributed by atoms with van der Waals surface area (Å²) in [5.74, 6) is -0.639. The summed E-state index contributed by atoms with van der Waals surface area (Å²) in [4.78, 5) is 11.0. The Morgan fingerprint density at radius 1 is 1.26 bits per heavy atom. The van der Waals surface area contributed by atoms with Gasteiger partial charge in [0.2, 0.25) is 5.91 Å². The number of anilines is 1. The third-order valence-electron chi connectivity index (χ3n) is 3.60. The molecule has 104 valence electrons. The van der Waals surface area contributed by atoms with E-state index < -0.39 is 15.7 Å². The monoisotopic (exact) mass is 282 g/mol. The number of hydrogen-bond acceptors (Lipinski definition) is 4. The lowest BCUT2D eigenvalue weighted by atomic mass is 10.1. The first-order valence-electron chi connectivity index (χ1n) is 6.30. The van der Waals surface area contributed by atoms with E-state index in [1.165, 1.54) is 12.1 Å². The lowest BCUT2D eigenvalue weighted by Gasteiger charge is -2.12. The summed E-state index contributed by atoms with van der Waals surface area (Å²) in [6, 6.07) is 4.52. The number of hydrogen-bond donors (Lipinski definition) is 2. The second-order valence-corrected chi connectivity index (χ2v) is 7.27. The van der Waals surface area contributed by atoms with Crippen molar-refractivity contribution in [1.29, 1.82) is 0 Å². The van der Waals surface area contributed by atoms with Crippen LogP contribution in [0, 0.1) is 0 Å². The molecule has 0 aromatic heterocycles. The van der Waals surface area contributed by atoms with Gasteiger partial charge >= 0.3 is 0 Å². The fourth-order valence-corrected chi connectivity index (χ4v) is 4.45. The van der Waals surface area contributed by atoms with E-state index in [2.05, 4.69) is 0 Å². The van der Waals surface area contributed by atoms with Crippen LogP contribution in [0.15, 0.2) is 18.2 Å². The molecule has 1 amide bonds. The summed E-state index contributed by atoms with van der Waals surface area (Å²) < 4.78 is 24.5. The number of benzene rings is 1. The minimum Gasteiger partial charge on any atom is -0.398 e. The van der Waals surface area contributed by atoms with E-state index in [4.69, 9.17) is 11.5 Å². The number of amides is 1. The van der Waals surface area contributed by atoms with Gasteiger partial charge in [0.1, 0.15) is 0 Å². The average molecular weight is 282 g/mol. The molecule has 6 heteroatoms. The van der Waals surface area contributed by atoms with Crippen LogP contribution in [0.25, 0.3) is 0 Å². The molecule has 19 heavy (non-hydrogen) atoms. The first-order valence-corrected chi connectivity index (χ1v) is 8.01. The molecule has 0 spiro atoms. The molecular weight excluding hydrogens is 264 g/mol. The molecule has 5 nitrogen and oxygen atoms in total. The van der Waals surface area contributed by atoms with E-state index in [-0.39, 0.29) is 11.0 Å². The Morgan fingerprint density at radius 3 is 2.42 bits per heavy atom. The average Bonchev–Trinajstić information content (AvgIpc) is 2.85. The lowest BCUT2D eigenvalue weighted by molar-refractivity contribution is 0.100. The summed E-state index contributed by atoms with van der Waals surface area (Å²) >= 11 is 0. The van der Waals surface area contributed by atoms with E-state index in [1.54, 1.807) is 6.07 Å². The van der Waals surface area contributed by atoms with Gasteiger partial charge in [0.05, 0.1) is 11.0 Å². The number of nitrogen functional groups attached to an aromatic ring is 1. The molecule has 4 N–H and O–H groups in total. The molecule has 1 saturated carbocycles. The Hall–Kier alpha value is -1.56. The van der Waals surface area contributed by atoms with Crippen LogP contribution in [0.5, 0.6) is 0 Å². The van der Waals surface area contributed by atoms with E-state index in [0.29, 0.717) is 16.8 Å². The number of nitrogens with two attached hydrogens (primary N) is 2. The highest BCUT2D eigenvalue weighted by atomic mass is 32.2. The summed E-state index contributed by atoms with van der Waals surface area (Å²) in [5, 5.41) is -0.247. The molecule has 0 atom stereocenters. The first-order chi connectivity index (χ1) is 8.90. The fourth-order valence-electron chi connectivity index (χ4n) is 2.46. The largest absolute Gasteiger partial charge is 0.398 e. The van der Waals surface area contributed by atoms with Crippen molar-refractivity contribution in [2.45, 2.75) is 36.7 Å². The second kappa shape index (κ2) is 5.21. The molecule has 0 saturated heterocycles. The topological polar surface area (TPSA) is 103 Å². The second-order valence-electron chi connectivity index (χ2n) is 4.99. The minimum atomic E-state index is -3.16. The molecule has 0 unspecified atom stereocenters. The molecule has 2 rings (SSSR count). The maximum absolute atomic E-state index is 12.2. The van der Waals surface area contributed by atoms with Crippen LogP contribution >= 0.6 is 0 Å². The van der Waals surface area contributed by atoms with Crippen LogP contribution in [0.3, 0.4) is 0 Å². The van der Waals surface area contributed by atoms with Gasteiger partial charge in [0.25, 0.3) is 0 Å². The van der Waals surface area contributed by atoms with Crippen molar-refractivity contribution in [3.8, 4) is 0 Å². The highest BCUT2D eigenvalue weighted by Crippen LogP contribution is 2.28. The summed E-state index contributed by atoms with van der Waals surface area (Å²) in [5.41, 5.74) is 12.1. The predicted octanol–water partition coefficient (Wildman–Crippen LogP) is 1.23. The van der Waals surface area contributed by atoms with Crippen LogP contribution in [-0.2, 0) is 15.6 Å². The molecule has 1 aromatic carbocycles. The molecule has 0 radical (unpaired) electrons. The van der Waals surface area contributed by atoms with Crippen molar-refractivity contribution in [1.82, 2.24) is 0 Å². The van der Waals surface area contributed by atoms with Gasteiger partial charge in [-0.05, 0) is 30.5 Å². The highest BCUT2D eigenvalue weighted by molar-refractivity contribution is 7.91. The lowest BCUT2D eigenvalue weighted by Crippen LogP contribution is -2.20. The van der Waals surface area contributed by atoms with Gasteiger partial charge in [-0.15, -0.1) is 0 Å². The molecular formula is C13H18N2O3S. The number of sulfone groups is 1. The quantitative estimate of drug-likeness (QED) is 0.810. The van der Waals surface area contributed by atoms with Crippen LogP contribution in [0.2, 0.25) is 0 Å². The summed E-state index contributed by atoms with van der Waals surface area (Å²) in [7, 11) is -3.16. The van der Waals surface area contributed by atoms with Crippen molar-refractivity contribution < 1.29 is 13.2 Å².